The van der Waals surface area contributed by atoms with Crippen LogP contribution in [0.5, 0.6) is 0 Å². The zero-order valence-electron chi connectivity index (χ0n) is 17.0. The van der Waals surface area contributed by atoms with Gasteiger partial charge in [-0.05, 0) is 25.8 Å². The molecule has 2 heterocycles. The Balaban J connectivity index is 1.78. The van der Waals surface area contributed by atoms with Crippen LogP contribution >= 0.6 is 0 Å². The summed E-state index contributed by atoms with van der Waals surface area (Å²) in [6.45, 7) is 1.73. The standard InChI is InChI=1S/C23H21N3O5/c1-14-20(23(28)31-13-15-6-5-11-24-12-15)21(16-7-2-3-9-18(16)26(29)30)22-17(25-14)8-4-10-19(22)27/h2-3,5-7,9,11-12,21,25H,4,8,10,13H2,1H3. The summed E-state index contributed by atoms with van der Waals surface area (Å²) in [5.74, 6) is -1.59. The molecule has 0 bridgehead atoms. The number of pyridine rings is 1. The highest BCUT2D eigenvalue weighted by Crippen LogP contribution is 2.45. The molecule has 2 aromatic rings. The Bertz CT molecular complexity index is 1120. The molecule has 1 aliphatic heterocycles. The second-order valence-electron chi connectivity index (χ2n) is 7.52. The van der Waals surface area contributed by atoms with Crippen molar-refractivity contribution in [1.82, 2.24) is 10.3 Å². The summed E-state index contributed by atoms with van der Waals surface area (Å²) in [6, 6.07) is 9.75. The van der Waals surface area contributed by atoms with Gasteiger partial charge in [-0.15, -0.1) is 0 Å². The lowest BCUT2D eigenvalue weighted by Crippen LogP contribution is -2.34. The molecule has 1 unspecified atom stereocenters. The molecule has 0 radical (unpaired) electrons. The molecule has 4 rings (SSSR count). The second kappa shape index (κ2) is 8.51. The molecule has 1 atom stereocenters. The maximum atomic E-state index is 13.2. The first-order chi connectivity index (χ1) is 15.0. The fourth-order valence-electron chi connectivity index (χ4n) is 4.17. The zero-order chi connectivity index (χ0) is 22.0. The molecule has 1 N–H and O–H groups in total. The number of para-hydroxylation sites is 1. The Morgan fingerprint density at radius 3 is 2.81 bits per heavy atom. The number of esters is 1. The van der Waals surface area contributed by atoms with Crippen LogP contribution in [0.2, 0.25) is 0 Å². The zero-order valence-corrected chi connectivity index (χ0v) is 17.0. The molecule has 0 spiro atoms. The van der Waals surface area contributed by atoms with Gasteiger partial charge in [0.05, 0.1) is 16.4 Å². The third-order valence-corrected chi connectivity index (χ3v) is 5.53. The van der Waals surface area contributed by atoms with Crippen molar-refractivity contribution in [2.75, 3.05) is 0 Å². The third-order valence-electron chi connectivity index (χ3n) is 5.53. The maximum absolute atomic E-state index is 13.2. The number of carbonyl (C=O) groups is 2. The first-order valence-corrected chi connectivity index (χ1v) is 10.0. The minimum absolute atomic E-state index is 0.00685. The number of hydrogen-bond donors (Lipinski definition) is 1. The molecule has 158 valence electrons. The van der Waals surface area contributed by atoms with Crippen LogP contribution in [-0.4, -0.2) is 21.7 Å². The Morgan fingerprint density at radius 2 is 2.06 bits per heavy atom. The predicted octanol–water partition coefficient (Wildman–Crippen LogP) is 3.70. The molecule has 1 aliphatic carbocycles. The van der Waals surface area contributed by atoms with E-state index in [-0.39, 0.29) is 23.7 Å². The summed E-state index contributed by atoms with van der Waals surface area (Å²) in [6.07, 6.45) is 4.90. The van der Waals surface area contributed by atoms with Gasteiger partial charge in [-0.2, -0.15) is 0 Å². The van der Waals surface area contributed by atoms with Crippen molar-refractivity contribution in [1.29, 1.82) is 0 Å². The number of hydrogen-bond acceptors (Lipinski definition) is 7. The summed E-state index contributed by atoms with van der Waals surface area (Å²) in [7, 11) is 0. The molecule has 0 saturated heterocycles. The Labute approximate surface area is 178 Å². The molecule has 8 heteroatoms. The van der Waals surface area contributed by atoms with Crippen LogP contribution in [0.3, 0.4) is 0 Å². The van der Waals surface area contributed by atoms with E-state index in [2.05, 4.69) is 10.3 Å². The molecular formula is C23H21N3O5. The van der Waals surface area contributed by atoms with Crippen LogP contribution in [0.4, 0.5) is 5.69 Å². The van der Waals surface area contributed by atoms with Gasteiger partial charge in [-0.3, -0.25) is 19.9 Å². The third kappa shape index (κ3) is 3.96. The van der Waals surface area contributed by atoms with Gasteiger partial charge >= 0.3 is 5.97 Å². The normalized spacial score (nSPS) is 18.4. The fraction of sp³-hybridized carbons (Fsp3) is 0.261. The largest absolute Gasteiger partial charge is 0.457 e. The maximum Gasteiger partial charge on any atom is 0.337 e. The van der Waals surface area contributed by atoms with E-state index in [0.717, 1.165) is 5.70 Å². The first-order valence-electron chi connectivity index (χ1n) is 10.0. The van der Waals surface area contributed by atoms with E-state index >= 15 is 0 Å². The lowest BCUT2D eigenvalue weighted by Gasteiger charge is -2.33. The second-order valence-corrected chi connectivity index (χ2v) is 7.52. The van der Waals surface area contributed by atoms with Crippen LogP contribution in [0.25, 0.3) is 0 Å². The summed E-state index contributed by atoms with van der Waals surface area (Å²) >= 11 is 0. The Kier molecular flexibility index (Phi) is 5.62. The number of ketones is 1. The number of Topliss-reactive ketones (excluding diaryl/α,β-unsaturated/α-hetero) is 1. The molecular weight excluding hydrogens is 398 g/mol. The van der Waals surface area contributed by atoms with Crippen molar-refractivity contribution in [3.05, 3.63) is 92.6 Å². The van der Waals surface area contributed by atoms with E-state index in [1.807, 2.05) is 0 Å². The van der Waals surface area contributed by atoms with Crippen molar-refractivity contribution >= 4 is 17.4 Å². The molecule has 2 aliphatic rings. The number of rotatable bonds is 5. The number of ether oxygens (including phenoxy) is 1. The van der Waals surface area contributed by atoms with E-state index < -0.39 is 16.8 Å². The van der Waals surface area contributed by atoms with Crippen LogP contribution in [0.15, 0.2) is 71.3 Å². The molecule has 1 aromatic carbocycles. The van der Waals surface area contributed by atoms with Crippen molar-refractivity contribution in [2.24, 2.45) is 0 Å². The lowest BCUT2D eigenvalue weighted by molar-refractivity contribution is -0.385. The van der Waals surface area contributed by atoms with Crippen molar-refractivity contribution in [3.8, 4) is 0 Å². The summed E-state index contributed by atoms with van der Waals surface area (Å²) in [5, 5.41) is 14.9. The number of dihydropyridines is 1. The molecule has 1 aromatic heterocycles. The average molecular weight is 419 g/mol. The SMILES string of the molecule is CC1=C(C(=O)OCc2cccnc2)C(c2ccccc2[N+](=O)[O-])C2=C(CCCC2=O)N1. The molecule has 0 amide bonds. The number of nitrogens with zero attached hydrogens (tertiary/aromatic N) is 2. The highest BCUT2D eigenvalue weighted by Gasteiger charge is 2.41. The van der Waals surface area contributed by atoms with E-state index in [4.69, 9.17) is 4.74 Å². The highest BCUT2D eigenvalue weighted by atomic mass is 16.6. The number of nitro groups is 1. The number of nitrogens with one attached hydrogen (secondary N) is 1. The first kappa shape index (κ1) is 20.5. The fourth-order valence-corrected chi connectivity index (χ4v) is 4.17. The molecule has 0 saturated carbocycles. The molecule has 31 heavy (non-hydrogen) atoms. The Morgan fingerprint density at radius 1 is 1.26 bits per heavy atom. The number of nitro benzene ring substituents is 1. The van der Waals surface area contributed by atoms with Crippen LogP contribution in [-0.2, 0) is 20.9 Å². The quantitative estimate of drug-likeness (QED) is 0.447. The van der Waals surface area contributed by atoms with E-state index in [9.17, 15) is 19.7 Å². The number of allylic oxidation sites excluding steroid dienone is 3. The minimum atomic E-state index is -0.855. The smallest absolute Gasteiger partial charge is 0.337 e. The van der Waals surface area contributed by atoms with Gasteiger partial charge in [0.1, 0.15) is 6.61 Å². The van der Waals surface area contributed by atoms with Crippen molar-refractivity contribution in [3.63, 3.8) is 0 Å². The lowest BCUT2D eigenvalue weighted by atomic mass is 9.75. The molecule has 0 fully saturated rings. The monoisotopic (exact) mass is 419 g/mol. The average Bonchev–Trinajstić information content (AvgIpc) is 2.77. The number of benzene rings is 1. The topological polar surface area (TPSA) is 111 Å². The van der Waals surface area contributed by atoms with Gasteiger partial charge in [-0.1, -0.05) is 24.3 Å². The number of aromatic nitrogens is 1. The summed E-state index contributed by atoms with van der Waals surface area (Å²) in [4.78, 5) is 41.3. The van der Waals surface area contributed by atoms with Gasteiger partial charge in [0.15, 0.2) is 5.78 Å². The van der Waals surface area contributed by atoms with Crippen LogP contribution in [0.1, 0.15) is 43.2 Å². The van der Waals surface area contributed by atoms with Crippen molar-refractivity contribution < 1.29 is 19.2 Å². The van der Waals surface area contributed by atoms with Gasteiger partial charge in [0, 0.05) is 53.0 Å². The molecule has 8 nitrogen and oxygen atoms in total. The van der Waals surface area contributed by atoms with Crippen LogP contribution < -0.4 is 5.32 Å². The Hall–Kier alpha value is -3.81. The summed E-state index contributed by atoms with van der Waals surface area (Å²) < 4.78 is 5.52. The predicted molar refractivity (Wildman–Crippen MR) is 112 cm³/mol. The highest BCUT2D eigenvalue weighted by molar-refractivity contribution is 6.04. The van der Waals surface area contributed by atoms with E-state index in [1.54, 1.807) is 49.6 Å². The number of carbonyl (C=O) groups excluding carboxylic acids is 2. The van der Waals surface area contributed by atoms with Gasteiger partial charge in [0.2, 0.25) is 0 Å². The van der Waals surface area contributed by atoms with Crippen LogP contribution in [0, 0.1) is 10.1 Å². The van der Waals surface area contributed by atoms with E-state index in [1.165, 1.54) is 6.07 Å². The van der Waals surface area contributed by atoms with E-state index in [0.29, 0.717) is 41.7 Å². The minimum Gasteiger partial charge on any atom is -0.457 e. The summed E-state index contributed by atoms with van der Waals surface area (Å²) in [5.41, 5.74) is 2.78. The van der Waals surface area contributed by atoms with Gasteiger partial charge in [-0.25, -0.2) is 4.79 Å². The van der Waals surface area contributed by atoms with Crippen molar-refractivity contribution in [2.45, 2.75) is 38.7 Å². The van der Waals surface area contributed by atoms with Gasteiger partial charge < -0.3 is 10.1 Å². The van der Waals surface area contributed by atoms with Gasteiger partial charge in [0.25, 0.3) is 5.69 Å².